The average Bonchev–Trinajstić information content (AvgIpc) is 4.06. The molecule has 76 heavy (non-hydrogen) atoms. The van der Waals surface area contributed by atoms with E-state index in [1.807, 2.05) is 19.9 Å². The second-order valence-corrected chi connectivity index (χ2v) is 22.3. The number of thioether (sulfide) groups is 4. The Kier molecular flexibility index (Phi) is 20.1. The third kappa shape index (κ3) is 14.4. The van der Waals surface area contributed by atoms with E-state index in [0.717, 1.165) is 72.7 Å². The van der Waals surface area contributed by atoms with Gasteiger partial charge in [-0.15, -0.1) is 0 Å². The molecule has 4 aliphatic rings. The number of carbonyl (C=O) groups is 8. The fraction of sp³-hybridized carbons (Fsp3) is 0.407. The third-order valence-electron chi connectivity index (χ3n) is 12.2. The third-order valence-corrected chi connectivity index (χ3v) is 17.3. The van der Waals surface area contributed by atoms with Crippen molar-refractivity contribution in [3.05, 3.63) is 90.8 Å². The molecular weight excluding hydrogens is 1060 g/mol. The lowest BCUT2D eigenvalue weighted by Gasteiger charge is -2.27. The van der Waals surface area contributed by atoms with E-state index in [0.29, 0.717) is 75.7 Å². The van der Waals surface area contributed by atoms with Gasteiger partial charge in [0.25, 0.3) is 5.70 Å². The normalized spacial score (nSPS) is 18.3. The first kappa shape index (κ1) is 57.0. The highest BCUT2D eigenvalue weighted by molar-refractivity contribution is 8.26. The number of ether oxygens (including phenoxy) is 8. The Hall–Kier alpha value is -6.72. The van der Waals surface area contributed by atoms with Crippen LogP contribution in [0.1, 0.15) is 125 Å². The van der Waals surface area contributed by atoms with Gasteiger partial charge in [-0.05, 0) is 113 Å². The Balaban J connectivity index is 0.976. The van der Waals surface area contributed by atoms with E-state index in [2.05, 4.69) is 4.85 Å². The van der Waals surface area contributed by atoms with Crippen molar-refractivity contribution < 1.29 is 76.3 Å². The summed E-state index contributed by atoms with van der Waals surface area (Å²) < 4.78 is 45.0. The van der Waals surface area contributed by atoms with Gasteiger partial charge in [-0.25, -0.2) is 19.2 Å². The highest BCUT2D eigenvalue weighted by Crippen LogP contribution is 2.68. The van der Waals surface area contributed by atoms with Gasteiger partial charge in [0.2, 0.25) is 0 Å². The van der Waals surface area contributed by atoms with Gasteiger partial charge >= 0.3 is 47.8 Å². The van der Waals surface area contributed by atoms with Crippen LogP contribution in [0.3, 0.4) is 0 Å². The number of rotatable bonds is 18. The van der Waals surface area contributed by atoms with Crippen LogP contribution in [-0.4, -0.2) is 73.2 Å². The predicted molar refractivity (Wildman–Crippen MR) is 277 cm³/mol. The molecule has 22 heteroatoms. The summed E-state index contributed by atoms with van der Waals surface area (Å²) in [4.78, 5) is 108. The standard InChI is InChI=1S/C54H52N2O16S4/c1-6-8-26-65-47(59)31-10-18-35(19-11-31)69-49(61)33-14-22-37(23-15-33)71-51(63)39(28-55)53-73-43-41(67-29(3)57)45-46(42(44(43)74-53)68-30(4)58)76-54(75-45)40(56-5)52(64)72-38-24-16-34(17-25-38)50(62)70-36-20-12-32(13-21-36)48(60)66-27-9-7-2/h10-13,18-21,33-34,37-38H,6-9,14-17,22-27H2,1-4H3. The molecule has 3 aromatic carbocycles. The van der Waals surface area contributed by atoms with Crippen LogP contribution < -0.4 is 18.9 Å². The van der Waals surface area contributed by atoms with Crippen molar-refractivity contribution in [2.75, 3.05) is 13.2 Å². The molecule has 3 aromatic rings. The largest absolute Gasteiger partial charge is 0.467 e. The Bertz CT molecular complexity index is 2690. The number of fused-ring (bicyclic) bond motifs is 2. The Morgan fingerprint density at radius 1 is 0.566 bits per heavy atom. The van der Waals surface area contributed by atoms with E-state index in [1.165, 1.54) is 62.4 Å². The first-order valence-corrected chi connectivity index (χ1v) is 27.9. The first-order chi connectivity index (χ1) is 36.6. The second-order valence-electron chi connectivity index (χ2n) is 17.7. The molecule has 7 rings (SSSR count). The summed E-state index contributed by atoms with van der Waals surface area (Å²) in [5.74, 6) is -5.61. The van der Waals surface area contributed by atoms with Crippen molar-refractivity contribution in [1.82, 2.24) is 0 Å². The van der Waals surface area contributed by atoms with Crippen molar-refractivity contribution in [3.63, 3.8) is 0 Å². The lowest BCUT2D eigenvalue weighted by atomic mass is 9.87. The van der Waals surface area contributed by atoms with Crippen LogP contribution in [0, 0.1) is 29.7 Å². The van der Waals surface area contributed by atoms with Gasteiger partial charge in [-0.1, -0.05) is 73.7 Å². The molecule has 0 unspecified atom stereocenters. The number of hydrogen-bond acceptors (Lipinski definition) is 21. The summed E-state index contributed by atoms with van der Waals surface area (Å²) in [6.45, 7) is 15.0. The molecule has 2 aliphatic heterocycles. The van der Waals surface area contributed by atoms with Crippen LogP contribution in [0.25, 0.3) is 4.85 Å². The maximum Gasteiger partial charge on any atom is 0.350 e. The zero-order chi connectivity index (χ0) is 54.5. The molecule has 2 heterocycles. The first-order valence-electron chi connectivity index (χ1n) is 24.6. The number of unbranched alkanes of at least 4 members (excludes halogenated alkanes) is 2. The van der Waals surface area contributed by atoms with Gasteiger partial charge in [-0.3, -0.25) is 24.0 Å². The minimum atomic E-state index is -0.923. The monoisotopic (exact) mass is 1110 g/mol. The average molecular weight is 1110 g/mol. The summed E-state index contributed by atoms with van der Waals surface area (Å²) in [5, 5.41) is 10.3. The van der Waals surface area contributed by atoms with E-state index in [1.54, 1.807) is 0 Å². The summed E-state index contributed by atoms with van der Waals surface area (Å²) in [5.41, 5.74) is -0.0608. The molecule has 0 radical (unpaired) electrons. The minimum Gasteiger partial charge on any atom is -0.467 e. The fourth-order valence-corrected chi connectivity index (χ4v) is 13.5. The van der Waals surface area contributed by atoms with Crippen LogP contribution in [0.2, 0.25) is 0 Å². The SMILES string of the molecule is [C-]#[N+]C(C(=O)OC1CCC(C(=O)Oc2ccc(C(=O)OCCCC)cc2)CC1)=C1Sc2c(OC(C)=O)c3c(c(OC(C)=O)c2S1)SC(=C(C#N)C(=O)OC1CCC(C(=O)Oc2ccc(C(=O)OCCCC)cc2)CC1)S3. The number of hydrogen-bond donors (Lipinski definition) is 0. The smallest absolute Gasteiger partial charge is 0.350 e. The Labute approximate surface area is 455 Å². The van der Waals surface area contributed by atoms with Crippen molar-refractivity contribution in [2.24, 2.45) is 11.8 Å². The molecular formula is C54H52N2O16S4. The van der Waals surface area contributed by atoms with E-state index in [4.69, 9.17) is 44.5 Å². The highest BCUT2D eigenvalue weighted by atomic mass is 32.2. The molecule has 0 amide bonds. The van der Waals surface area contributed by atoms with E-state index in [9.17, 15) is 43.6 Å². The molecule has 0 atom stereocenters. The summed E-state index contributed by atoms with van der Waals surface area (Å²) in [7, 11) is 0. The van der Waals surface area contributed by atoms with Crippen molar-refractivity contribution in [2.45, 2.75) is 137 Å². The van der Waals surface area contributed by atoms with E-state index < -0.39 is 71.8 Å². The van der Waals surface area contributed by atoms with Crippen molar-refractivity contribution in [1.29, 1.82) is 5.26 Å². The molecule has 2 saturated carbocycles. The minimum absolute atomic E-state index is 0.00566. The quantitative estimate of drug-likeness (QED) is 0.0219. The molecule has 0 bridgehead atoms. The molecule has 0 saturated heterocycles. The van der Waals surface area contributed by atoms with Crippen LogP contribution >= 0.6 is 47.0 Å². The molecule has 2 aliphatic carbocycles. The molecule has 0 aromatic heterocycles. The van der Waals surface area contributed by atoms with Gasteiger partial charge < -0.3 is 37.9 Å². The molecule has 2 fully saturated rings. The lowest BCUT2D eigenvalue weighted by molar-refractivity contribution is -0.149. The van der Waals surface area contributed by atoms with E-state index in [-0.39, 0.29) is 62.3 Å². The van der Waals surface area contributed by atoms with Crippen LogP contribution in [0.5, 0.6) is 23.0 Å². The van der Waals surface area contributed by atoms with Crippen LogP contribution in [-0.2, 0) is 47.7 Å². The number of esters is 8. The predicted octanol–water partition coefficient (Wildman–Crippen LogP) is 11.1. The topological polar surface area (TPSA) is 239 Å². The summed E-state index contributed by atoms with van der Waals surface area (Å²) in [6, 6.07) is 14.1. The van der Waals surface area contributed by atoms with Crippen LogP contribution in [0.15, 0.2) is 87.9 Å². The molecule has 0 spiro atoms. The van der Waals surface area contributed by atoms with Crippen molar-refractivity contribution in [3.8, 4) is 29.1 Å². The second kappa shape index (κ2) is 26.9. The Morgan fingerprint density at radius 3 is 1.30 bits per heavy atom. The van der Waals surface area contributed by atoms with Crippen LogP contribution in [0.4, 0.5) is 0 Å². The number of nitriles is 1. The van der Waals surface area contributed by atoms with Gasteiger partial charge in [-0.2, -0.15) is 5.26 Å². The van der Waals surface area contributed by atoms with Gasteiger partial charge in [0.15, 0.2) is 17.1 Å². The summed E-state index contributed by atoms with van der Waals surface area (Å²) in [6.07, 6.45) is 4.65. The van der Waals surface area contributed by atoms with Crippen molar-refractivity contribution >= 4 is 94.8 Å². The zero-order valence-electron chi connectivity index (χ0n) is 41.9. The lowest BCUT2D eigenvalue weighted by Crippen LogP contribution is -2.30. The van der Waals surface area contributed by atoms with Gasteiger partial charge in [0, 0.05) is 13.8 Å². The maximum absolute atomic E-state index is 13.7. The number of nitrogens with zero attached hydrogens (tertiary/aromatic N) is 2. The Morgan fingerprint density at radius 2 is 0.947 bits per heavy atom. The summed E-state index contributed by atoms with van der Waals surface area (Å²) >= 11 is 3.70. The molecule has 398 valence electrons. The van der Waals surface area contributed by atoms with E-state index >= 15 is 0 Å². The highest BCUT2D eigenvalue weighted by Gasteiger charge is 2.42. The van der Waals surface area contributed by atoms with Gasteiger partial charge in [0.05, 0.1) is 70.8 Å². The molecule has 18 nitrogen and oxygen atoms in total. The number of carbonyl (C=O) groups excluding carboxylic acids is 8. The van der Waals surface area contributed by atoms with Gasteiger partial charge in [0.1, 0.15) is 29.8 Å². The fourth-order valence-electron chi connectivity index (χ4n) is 8.18. The maximum atomic E-state index is 13.7. The number of benzene rings is 3. The zero-order valence-corrected chi connectivity index (χ0v) is 45.2. The molecule has 0 N–H and O–H groups in total.